The van der Waals surface area contributed by atoms with Gasteiger partial charge in [0.1, 0.15) is 11.3 Å². The van der Waals surface area contributed by atoms with Gasteiger partial charge in [-0.05, 0) is 24.6 Å². The molecule has 0 radical (unpaired) electrons. The predicted molar refractivity (Wildman–Crippen MR) is 94.8 cm³/mol. The summed E-state index contributed by atoms with van der Waals surface area (Å²) >= 11 is 0. The number of nitrogens with zero attached hydrogens (tertiary/aromatic N) is 1. The van der Waals surface area contributed by atoms with Crippen LogP contribution in [0.3, 0.4) is 0 Å². The number of rotatable bonds is 4. The maximum atomic E-state index is 12.9. The van der Waals surface area contributed by atoms with Gasteiger partial charge < -0.3 is 19.5 Å². The second-order valence-corrected chi connectivity index (χ2v) is 6.15. The molecule has 26 heavy (non-hydrogen) atoms. The van der Waals surface area contributed by atoms with Crippen molar-refractivity contribution in [2.75, 3.05) is 26.3 Å². The first-order chi connectivity index (χ1) is 12.6. The Morgan fingerprint density at radius 3 is 2.46 bits per heavy atom. The maximum Gasteiger partial charge on any atom is 0.343 e. The van der Waals surface area contributed by atoms with Gasteiger partial charge in [-0.15, -0.1) is 0 Å². The minimum Gasteiger partial charge on any atom is -0.507 e. The van der Waals surface area contributed by atoms with Gasteiger partial charge in [-0.1, -0.05) is 36.4 Å². The van der Waals surface area contributed by atoms with E-state index in [-0.39, 0.29) is 17.2 Å². The van der Waals surface area contributed by atoms with Crippen molar-refractivity contribution >= 4 is 11.9 Å². The smallest absolute Gasteiger partial charge is 0.343 e. The minimum absolute atomic E-state index is 0.0336. The highest BCUT2D eigenvalue weighted by Crippen LogP contribution is 2.26. The Morgan fingerprint density at radius 2 is 1.81 bits per heavy atom. The quantitative estimate of drug-likeness (QED) is 0.853. The molecule has 1 aliphatic heterocycles. The van der Waals surface area contributed by atoms with E-state index in [0.717, 1.165) is 5.56 Å². The van der Waals surface area contributed by atoms with E-state index in [4.69, 9.17) is 9.47 Å². The first-order valence-corrected chi connectivity index (χ1v) is 8.48. The zero-order chi connectivity index (χ0) is 18.5. The summed E-state index contributed by atoms with van der Waals surface area (Å²) in [5, 5.41) is 10.0. The molecule has 3 rings (SSSR count). The topological polar surface area (TPSA) is 76.1 Å². The first-order valence-electron chi connectivity index (χ1n) is 8.48. The van der Waals surface area contributed by atoms with Crippen LogP contribution >= 0.6 is 0 Å². The molecule has 1 heterocycles. The van der Waals surface area contributed by atoms with Gasteiger partial charge >= 0.3 is 5.97 Å². The van der Waals surface area contributed by atoms with E-state index in [2.05, 4.69) is 0 Å². The molecule has 136 valence electrons. The molecule has 1 aliphatic rings. The molecule has 0 bridgehead atoms. The molecule has 0 spiro atoms. The molecule has 1 fully saturated rings. The predicted octanol–water partition coefficient (Wildman–Crippen LogP) is 2.46. The fourth-order valence-electron chi connectivity index (χ4n) is 2.82. The van der Waals surface area contributed by atoms with Crippen molar-refractivity contribution in [3.63, 3.8) is 0 Å². The maximum absolute atomic E-state index is 12.9. The monoisotopic (exact) mass is 355 g/mol. The largest absolute Gasteiger partial charge is 0.507 e. The van der Waals surface area contributed by atoms with Crippen LogP contribution in [0, 0.1) is 6.92 Å². The zero-order valence-electron chi connectivity index (χ0n) is 14.6. The van der Waals surface area contributed by atoms with E-state index in [9.17, 15) is 14.7 Å². The third kappa shape index (κ3) is 4.03. The molecular weight excluding hydrogens is 334 g/mol. The van der Waals surface area contributed by atoms with Crippen LogP contribution in [-0.4, -0.2) is 48.2 Å². The summed E-state index contributed by atoms with van der Waals surface area (Å²) in [5.41, 5.74) is 1.44. The average molecular weight is 355 g/mol. The highest BCUT2D eigenvalue weighted by atomic mass is 16.5. The summed E-state index contributed by atoms with van der Waals surface area (Å²) in [6.45, 7) is 3.63. The molecule has 6 heteroatoms. The normalized spacial score (nSPS) is 15.3. The Balaban J connectivity index is 1.85. The van der Waals surface area contributed by atoms with Crippen LogP contribution in [0.25, 0.3) is 0 Å². The third-order valence-corrected chi connectivity index (χ3v) is 4.25. The Kier molecular flexibility index (Phi) is 5.53. The van der Waals surface area contributed by atoms with E-state index in [0.29, 0.717) is 31.9 Å². The fourth-order valence-corrected chi connectivity index (χ4v) is 2.82. The van der Waals surface area contributed by atoms with E-state index in [1.165, 1.54) is 12.1 Å². The Hall–Kier alpha value is -2.86. The number of hydrogen-bond acceptors (Lipinski definition) is 5. The Morgan fingerprint density at radius 1 is 1.12 bits per heavy atom. The van der Waals surface area contributed by atoms with Gasteiger partial charge in [0.25, 0.3) is 5.91 Å². The van der Waals surface area contributed by atoms with Gasteiger partial charge in [0.15, 0.2) is 0 Å². The van der Waals surface area contributed by atoms with Crippen molar-refractivity contribution in [3.05, 3.63) is 65.2 Å². The fraction of sp³-hybridized carbons (Fsp3) is 0.300. The van der Waals surface area contributed by atoms with Gasteiger partial charge in [-0.25, -0.2) is 4.79 Å². The van der Waals surface area contributed by atoms with Crippen molar-refractivity contribution in [2.24, 2.45) is 0 Å². The molecule has 1 unspecified atom stereocenters. The highest BCUT2D eigenvalue weighted by Gasteiger charge is 2.31. The molecular formula is C20H21NO5. The van der Waals surface area contributed by atoms with Gasteiger partial charge in [0.05, 0.1) is 13.2 Å². The molecule has 0 aliphatic carbocycles. The van der Waals surface area contributed by atoms with Crippen molar-refractivity contribution in [1.82, 2.24) is 4.90 Å². The number of hydrogen-bond donors (Lipinski definition) is 1. The third-order valence-electron chi connectivity index (χ3n) is 4.25. The van der Waals surface area contributed by atoms with Crippen LogP contribution in [0.5, 0.6) is 5.75 Å². The molecule has 0 saturated carbocycles. The van der Waals surface area contributed by atoms with Crippen molar-refractivity contribution in [2.45, 2.75) is 13.0 Å². The van der Waals surface area contributed by atoms with Gasteiger partial charge in [0.2, 0.25) is 6.10 Å². The van der Waals surface area contributed by atoms with Gasteiger partial charge in [0, 0.05) is 18.7 Å². The van der Waals surface area contributed by atoms with E-state index in [1.54, 1.807) is 35.2 Å². The lowest BCUT2D eigenvalue weighted by molar-refractivity contribution is -0.145. The highest BCUT2D eigenvalue weighted by molar-refractivity contribution is 5.95. The lowest BCUT2D eigenvalue weighted by atomic mass is 10.1. The number of aromatic hydroxyl groups is 1. The lowest BCUT2D eigenvalue weighted by Crippen LogP contribution is -2.44. The summed E-state index contributed by atoms with van der Waals surface area (Å²) in [6, 6.07) is 13.6. The summed E-state index contributed by atoms with van der Waals surface area (Å²) in [4.78, 5) is 27.1. The standard InChI is InChI=1S/C20H21NO5/c1-14-7-8-16(17(22)13-14)20(24)26-18(15-5-3-2-4-6-15)19(23)21-9-11-25-12-10-21/h2-8,13,18,22H,9-12H2,1H3. The Labute approximate surface area is 152 Å². The van der Waals surface area contributed by atoms with Crippen LogP contribution in [-0.2, 0) is 14.3 Å². The van der Waals surface area contributed by atoms with Crippen LogP contribution < -0.4 is 0 Å². The van der Waals surface area contributed by atoms with E-state index >= 15 is 0 Å². The SMILES string of the molecule is Cc1ccc(C(=O)OC(C(=O)N2CCOCC2)c2ccccc2)c(O)c1. The number of morpholine rings is 1. The molecule has 1 N–H and O–H groups in total. The molecule has 2 aromatic carbocycles. The number of ether oxygens (including phenoxy) is 2. The summed E-state index contributed by atoms with van der Waals surface area (Å²) in [5.74, 6) is -1.20. The number of aryl methyl sites for hydroxylation is 1. The average Bonchev–Trinajstić information content (AvgIpc) is 2.67. The number of phenols is 1. The van der Waals surface area contributed by atoms with Crippen LogP contribution in [0.1, 0.15) is 27.6 Å². The molecule has 2 aromatic rings. The minimum atomic E-state index is -1.07. The number of carbonyl (C=O) groups is 2. The molecule has 1 saturated heterocycles. The summed E-state index contributed by atoms with van der Waals surface area (Å²) in [6.07, 6.45) is -1.07. The molecule has 1 amide bonds. The first kappa shape index (κ1) is 17.9. The van der Waals surface area contributed by atoms with Crippen LogP contribution in [0.4, 0.5) is 0 Å². The second kappa shape index (κ2) is 8.01. The van der Waals surface area contributed by atoms with E-state index in [1.807, 2.05) is 13.0 Å². The van der Waals surface area contributed by atoms with Gasteiger partial charge in [-0.3, -0.25) is 4.79 Å². The van der Waals surface area contributed by atoms with Crippen molar-refractivity contribution in [1.29, 1.82) is 0 Å². The van der Waals surface area contributed by atoms with Crippen molar-refractivity contribution in [3.8, 4) is 5.75 Å². The van der Waals surface area contributed by atoms with Crippen LogP contribution in [0.2, 0.25) is 0 Å². The second-order valence-electron chi connectivity index (χ2n) is 6.15. The van der Waals surface area contributed by atoms with Crippen LogP contribution in [0.15, 0.2) is 48.5 Å². The number of carbonyl (C=O) groups excluding carboxylic acids is 2. The van der Waals surface area contributed by atoms with Crippen molar-refractivity contribution < 1.29 is 24.2 Å². The lowest BCUT2D eigenvalue weighted by Gasteiger charge is -2.30. The summed E-state index contributed by atoms with van der Waals surface area (Å²) < 4.78 is 10.8. The number of phenolic OH excluding ortho intramolecular Hbond substituents is 1. The summed E-state index contributed by atoms with van der Waals surface area (Å²) in [7, 11) is 0. The number of amides is 1. The molecule has 0 aromatic heterocycles. The zero-order valence-corrected chi connectivity index (χ0v) is 14.6. The molecule has 6 nitrogen and oxygen atoms in total. The van der Waals surface area contributed by atoms with E-state index < -0.39 is 12.1 Å². The molecule has 1 atom stereocenters. The Bertz CT molecular complexity index is 784. The van der Waals surface area contributed by atoms with Gasteiger partial charge in [-0.2, -0.15) is 0 Å². The number of benzene rings is 2. The number of esters is 1.